The molecule has 0 amide bonds. The van der Waals surface area contributed by atoms with Gasteiger partial charge >= 0.3 is 0 Å². The van der Waals surface area contributed by atoms with Crippen LogP contribution in [0.2, 0.25) is 0 Å². The Bertz CT molecular complexity index is 213. The molecule has 1 fully saturated rings. The van der Waals surface area contributed by atoms with Crippen molar-refractivity contribution in [1.29, 1.82) is 0 Å². The number of aliphatic hydroxyl groups is 1. The van der Waals surface area contributed by atoms with Gasteiger partial charge in [0.1, 0.15) is 0 Å². The van der Waals surface area contributed by atoms with Crippen molar-refractivity contribution < 1.29 is 9.84 Å². The van der Waals surface area contributed by atoms with Gasteiger partial charge < -0.3 is 15.2 Å². The minimum absolute atomic E-state index is 0.363. The summed E-state index contributed by atoms with van der Waals surface area (Å²) in [5.41, 5.74) is 0. The third-order valence-corrected chi connectivity index (χ3v) is 4.04. The van der Waals surface area contributed by atoms with Gasteiger partial charge in [0.2, 0.25) is 0 Å². The Balaban J connectivity index is 1.94. The van der Waals surface area contributed by atoms with Crippen LogP contribution in [0.5, 0.6) is 0 Å². The van der Waals surface area contributed by atoms with Gasteiger partial charge in [-0.05, 0) is 50.4 Å². The maximum absolute atomic E-state index is 9.85. The summed E-state index contributed by atoms with van der Waals surface area (Å²) in [5, 5.41) is 13.3. The minimum atomic E-state index is -0.363. The summed E-state index contributed by atoms with van der Waals surface area (Å²) in [7, 11) is 0. The van der Waals surface area contributed by atoms with E-state index >= 15 is 0 Å². The highest BCUT2D eigenvalue weighted by Gasteiger charge is 2.18. The van der Waals surface area contributed by atoms with Crippen molar-refractivity contribution in [2.75, 3.05) is 19.8 Å². The van der Waals surface area contributed by atoms with Gasteiger partial charge in [-0.25, -0.2) is 0 Å². The molecule has 0 aromatic carbocycles. The monoisotopic (exact) mass is 271 g/mol. The summed E-state index contributed by atoms with van der Waals surface area (Å²) in [4.78, 5) is 0. The van der Waals surface area contributed by atoms with Crippen molar-refractivity contribution in [2.24, 2.45) is 11.8 Å². The van der Waals surface area contributed by atoms with Crippen molar-refractivity contribution in [2.45, 2.75) is 71.4 Å². The fourth-order valence-corrected chi connectivity index (χ4v) is 2.64. The van der Waals surface area contributed by atoms with Crippen LogP contribution >= 0.6 is 0 Å². The van der Waals surface area contributed by atoms with Crippen molar-refractivity contribution in [1.82, 2.24) is 5.32 Å². The van der Waals surface area contributed by atoms with Crippen LogP contribution in [0.4, 0.5) is 0 Å². The zero-order valence-electron chi connectivity index (χ0n) is 13.0. The third-order valence-electron chi connectivity index (χ3n) is 4.04. The molecule has 114 valence electrons. The zero-order chi connectivity index (χ0) is 14.1. The average Bonchev–Trinajstić information content (AvgIpc) is 2.37. The molecule has 0 aromatic rings. The molecule has 1 rings (SSSR count). The molecule has 0 heterocycles. The number of aliphatic hydroxyl groups excluding tert-OH is 1. The lowest BCUT2D eigenvalue weighted by atomic mass is 9.87. The number of ether oxygens (including phenoxy) is 1. The normalized spacial score (nSPS) is 25.7. The largest absolute Gasteiger partial charge is 0.389 e. The summed E-state index contributed by atoms with van der Waals surface area (Å²) < 4.78 is 5.51. The van der Waals surface area contributed by atoms with Gasteiger partial charge in [-0.2, -0.15) is 0 Å². The Labute approximate surface area is 119 Å². The second-order valence-corrected chi connectivity index (χ2v) is 6.63. The molecule has 1 saturated carbocycles. The van der Waals surface area contributed by atoms with Gasteiger partial charge in [0.15, 0.2) is 0 Å². The lowest BCUT2D eigenvalue weighted by molar-refractivity contribution is 0.0326. The number of rotatable bonds is 9. The quantitative estimate of drug-likeness (QED) is 0.634. The average molecular weight is 271 g/mol. The fourth-order valence-electron chi connectivity index (χ4n) is 2.64. The minimum Gasteiger partial charge on any atom is -0.389 e. The van der Waals surface area contributed by atoms with Crippen LogP contribution in [0, 0.1) is 11.8 Å². The van der Waals surface area contributed by atoms with Crippen molar-refractivity contribution in [3.63, 3.8) is 0 Å². The standard InChI is InChI=1S/C16H33NO2/c1-13(2)5-4-10-19-12-16(18)11-17-15-8-6-14(3)7-9-15/h13-18H,4-12H2,1-3H3. The highest BCUT2D eigenvalue weighted by molar-refractivity contribution is 4.76. The molecule has 0 saturated heterocycles. The number of hydrogen-bond acceptors (Lipinski definition) is 3. The molecule has 1 aliphatic rings. The van der Waals surface area contributed by atoms with Crippen molar-refractivity contribution in [3.8, 4) is 0 Å². The molecule has 2 N–H and O–H groups in total. The first-order chi connectivity index (χ1) is 9.08. The Hall–Kier alpha value is -0.120. The molecule has 0 aromatic heterocycles. The molecular weight excluding hydrogens is 238 g/mol. The first-order valence-corrected chi connectivity index (χ1v) is 8.07. The van der Waals surface area contributed by atoms with Crippen LogP contribution in [0.15, 0.2) is 0 Å². The lowest BCUT2D eigenvalue weighted by Gasteiger charge is -2.27. The summed E-state index contributed by atoms with van der Waals surface area (Å²) >= 11 is 0. The molecule has 0 aliphatic heterocycles. The van der Waals surface area contributed by atoms with Gasteiger partial charge in [-0.1, -0.05) is 20.8 Å². The molecule has 1 atom stereocenters. The van der Waals surface area contributed by atoms with E-state index in [1.54, 1.807) is 0 Å². The van der Waals surface area contributed by atoms with E-state index < -0.39 is 0 Å². The van der Waals surface area contributed by atoms with E-state index in [0.717, 1.165) is 24.9 Å². The van der Waals surface area contributed by atoms with E-state index in [9.17, 15) is 5.11 Å². The van der Waals surface area contributed by atoms with Crippen LogP contribution in [0.25, 0.3) is 0 Å². The Morgan fingerprint density at radius 2 is 1.89 bits per heavy atom. The van der Waals surface area contributed by atoms with Crippen molar-refractivity contribution in [3.05, 3.63) is 0 Å². The molecular formula is C16H33NO2. The summed E-state index contributed by atoms with van der Waals surface area (Å²) in [6, 6.07) is 0.604. The predicted octanol–water partition coefficient (Wildman–Crippen LogP) is 2.97. The predicted molar refractivity (Wildman–Crippen MR) is 80.3 cm³/mol. The maximum Gasteiger partial charge on any atom is 0.0897 e. The SMILES string of the molecule is CC(C)CCCOCC(O)CNC1CCC(C)CC1. The van der Waals surface area contributed by atoms with E-state index in [1.807, 2.05) is 0 Å². The summed E-state index contributed by atoms with van der Waals surface area (Å²) in [6.07, 6.45) is 7.08. The van der Waals surface area contributed by atoms with Crippen LogP contribution in [0.3, 0.4) is 0 Å². The topological polar surface area (TPSA) is 41.5 Å². The lowest BCUT2D eigenvalue weighted by Crippen LogP contribution is -2.39. The summed E-state index contributed by atoms with van der Waals surface area (Å²) in [6.45, 7) is 8.69. The van der Waals surface area contributed by atoms with Gasteiger partial charge in [-0.15, -0.1) is 0 Å². The molecule has 0 spiro atoms. The van der Waals surface area contributed by atoms with E-state index in [0.29, 0.717) is 19.2 Å². The molecule has 1 unspecified atom stereocenters. The first kappa shape index (κ1) is 16.9. The Morgan fingerprint density at radius 3 is 2.53 bits per heavy atom. The van der Waals surface area contributed by atoms with Crippen LogP contribution in [0.1, 0.15) is 59.3 Å². The van der Waals surface area contributed by atoms with Gasteiger partial charge in [-0.3, -0.25) is 0 Å². The zero-order valence-corrected chi connectivity index (χ0v) is 13.0. The number of nitrogens with one attached hydrogen (secondary N) is 1. The van der Waals surface area contributed by atoms with Crippen LogP contribution in [-0.4, -0.2) is 37.0 Å². The first-order valence-electron chi connectivity index (χ1n) is 8.07. The fraction of sp³-hybridized carbons (Fsp3) is 1.00. The van der Waals surface area contributed by atoms with Crippen LogP contribution in [-0.2, 0) is 4.74 Å². The molecule has 19 heavy (non-hydrogen) atoms. The Morgan fingerprint density at radius 1 is 1.21 bits per heavy atom. The van der Waals surface area contributed by atoms with E-state index in [-0.39, 0.29) is 6.10 Å². The van der Waals surface area contributed by atoms with Gasteiger partial charge in [0, 0.05) is 19.2 Å². The van der Waals surface area contributed by atoms with Gasteiger partial charge in [0.05, 0.1) is 12.7 Å². The highest BCUT2D eigenvalue weighted by Crippen LogP contribution is 2.23. The second kappa shape index (κ2) is 9.73. The summed E-state index contributed by atoms with van der Waals surface area (Å²) in [5.74, 6) is 1.62. The molecule has 1 aliphatic carbocycles. The third kappa shape index (κ3) is 8.61. The van der Waals surface area contributed by atoms with E-state index in [1.165, 1.54) is 32.1 Å². The van der Waals surface area contributed by atoms with E-state index in [4.69, 9.17) is 4.74 Å². The number of hydrogen-bond donors (Lipinski definition) is 2. The highest BCUT2D eigenvalue weighted by atomic mass is 16.5. The molecule has 0 bridgehead atoms. The maximum atomic E-state index is 9.85. The molecule has 3 heteroatoms. The molecule has 0 radical (unpaired) electrons. The Kier molecular flexibility index (Phi) is 8.67. The van der Waals surface area contributed by atoms with E-state index in [2.05, 4.69) is 26.1 Å². The smallest absolute Gasteiger partial charge is 0.0897 e. The molecule has 3 nitrogen and oxygen atoms in total. The van der Waals surface area contributed by atoms with Gasteiger partial charge in [0.25, 0.3) is 0 Å². The van der Waals surface area contributed by atoms with Crippen LogP contribution < -0.4 is 5.32 Å². The second-order valence-electron chi connectivity index (χ2n) is 6.63. The van der Waals surface area contributed by atoms with Crippen molar-refractivity contribution >= 4 is 0 Å².